The van der Waals surface area contributed by atoms with Gasteiger partial charge in [0.15, 0.2) is 11.5 Å². The Morgan fingerprint density at radius 2 is 1.74 bits per heavy atom. The minimum atomic E-state index is -1.07. The van der Waals surface area contributed by atoms with Crippen molar-refractivity contribution < 1.29 is 29.0 Å². The van der Waals surface area contributed by atoms with Gasteiger partial charge in [-0.15, -0.1) is 0 Å². The topological polar surface area (TPSA) is 93.1 Å². The molecule has 2 aromatic carbocycles. The van der Waals surface area contributed by atoms with E-state index in [-0.39, 0.29) is 13.0 Å². The fourth-order valence-electron chi connectivity index (χ4n) is 3.33. The maximum absolute atomic E-state index is 13.1. The van der Waals surface area contributed by atoms with E-state index in [0.717, 1.165) is 11.3 Å². The molecule has 1 heterocycles. The van der Waals surface area contributed by atoms with Gasteiger partial charge in [0.1, 0.15) is 0 Å². The third kappa shape index (κ3) is 4.94. The van der Waals surface area contributed by atoms with Crippen molar-refractivity contribution in [1.82, 2.24) is 4.90 Å². The predicted octanol–water partition coefficient (Wildman–Crippen LogP) is 3.87. The molecule has 7 nitrogen and oxygen atoms in total. The van der Waals surface area contributed by atoms with Crippen LogP contribution in [-0.2, 0) is 9.59 Å². The zero-order valence-corrected chi connectivity index (χ0v) is 17.6. The second kappa shape index (κ2) is 9.93. The Hall–Kier alpha value is -3.61. The number of carboxylic acid groups (broad SMARTS) is 1. The van der Waals surface area contributed by atoms with E-state index in [1.807, 2.05) is 19.9 Å². The molecule has 0 saturated heterocycles. The Balaban J connectivity index is 2.04. The van der Waals surface area contributed by atoms with Crippen LogP contribution >= 0.6 is 0 Å². The molecule has 0 atom stereocenters. The van der Waals surface area contributed by atoms with Crippen molar-refractivity contribution in [3.63, 3.8) is 0 Å². The molecule has 7 heteroatoms. The molecule has 0 radical (unpaired) electrons. The maximum Gasteiger partial charge on any atom is 0.305 e. The van der Waals surface area contributed by atoms with Crippen LogP contribution in [-0.4, -0.2) is 47.5 Å². The molecule has 1 N–H and O–H groups in total. The Morgan fingerprint density at radius 1 is 1.00 bits per heavy atom. The van der Waals surface area contributed by atoms with Crippen LogP contribution in [0.5, 0.6) is 11.5 Å². The molecule has 0 unspecified atom stereocenters. The van der Waals surface area contributed by atoms with Gasteiger partial charge in [-0.25, -0.2) is 0 Å². The summed E-state index contributed by atoms with van der Waals surface area (Å²) < 4.78 is 11.4. The number of ether oxygens (including phenoxy) is 2. The quantitative estimate of drug-likeness (QED) is 0.486. The minimum absolute atomic E-state index is 0.188. The van der Waals surface area contributed by atoms with E-state index >= 15 is 0 Å². The van der Waals surface area contributed by atoms with Crippen molar-refractivity contribution in [3.05, 3.63) is 59.2 Å². The van der Waals surface area contributed by atoms with Crippen molar-refractivity contribution in [2.24, 2.45) is 0 Å². The summed E-state index contributed by atoms with van der Waals surface area (Å²) in [6.07, 6.45) is 2.24. The van der Waals surface area contributed by atoms with Gasteiger partial charge in [-0.3, -0.25) is 19.3 Å². The van der Waals surface area contributed by atoms with E-state index in [4.69, 9.17) is 14.6 Å². The summed E-state index contributed by atoms with van der Waals surface area (Å²) in [6.45, 7) is 4.73. The fraction of sp³-hybridized carbons (Fsp3) is 0.292. The summed E-state index contributed by atoms with van der Waals surface area (Å²) in [5, 5.41) is 8.99. The van der Waals surface area contributed by atoms with E-state index in [0.29, 0.717) is 47.0 Å². The van der Waals surface area contributed by atoms with E-state index in [9.17, 15) is 14.4 Å². The lowest BCUT2D eigenvalue weighted by atomic mass is 9.92. The molecule has 0 fully saturated rings. The van der Waals surface area contributed by atoms with Crippen LogP contribution in [0.1, 0.15) is 48.2 Å². The van der Waals surface area contributed by atoms with E-state index < -0.39 is 17.8 Å². The van der Waals surface area contributed by atoms with Crippen LogP contribution in [0.4, 0.5) is 0 Å². The first-order valence-electron chi connectivity index (χ1n) is 10.2. The Kier molecular flexibility index (Phi) is 7.07. The molecule has 1 aliphatic rings. The molecular weight excluding hydrogens is 398 g/mol. The molecule has 0 saturated carbocycles. The highest BCUT2D eigenvalue weighted by molar-refractivity contribution is 6.33. The van der Waals surface area contributed by atoms with E-state index in [1.165, 1.54) is 0 Å². The standard InChI is InChI=1S/C24H25NO6/c1-3-13-31-20-10-9-16(15-21(20)30-4-2)14-19-17-7-5-6-8-18(17)23(28)25(24(19)29)12-11-22(26)27/h5-10,14-15H,3-4,11-13H2,1-2H3,(H,26,27)/b19-14-. The van der Waals surface area contributed by atoms with E-state index in [2.05, 4.69) is 0 Å². The summed E-state index contributed by atoms with van der Waals surface area (Å²) in [5.41, 5.74) is 1.92. The molecule has 0 aromatic heterocycles. The van der Waals surface area contributed by atoms with Crippen molar-refractivity contribution in [1.29, 1.82) is 0 Å². The molecule has 2 aromatic rings. The Labute approximate surface area is 180 Å². The lowest BCUT2D eigenvalue weighted by molar-refractivity contribution is -0.137. The molecule has 3 rings (SSSR count). The summed E-state index contributed by atoms with van der Waals surface area (Å²) in [4.78, 5) is 37.9. The highest BCUT2D eigenvalue weighted by Gasteiger charge is 2.34. The largest absolute Gasteiger partial charge is 0.490 e. The number of imide groups is 1. The van der Waals surface area contributed by atoms with Crippen LogP contribution in [0.25, 0.3) is 11.6 Å². The molecule has 0 aliphatic carbocycles. The normalized spacial score (nSPS) is 14.5. The number of carbonyl (C=O) groups excluding carboxylic acids is 2. The number of amides is 2. The summed E-state index contributed by atoms with van der Waals surface area (Å²) in [5.74, 6) is -0.888. The van der Waals surface area contributed by atoms with Crippen molar-refractivity contribution >= 4 is 29.4 Å². The van der Waals surface area contributed by atoms with Gasteiger partial charge >= 0.3 is 5.97 Å². The van der Waals surface area contributed by atoms with Gasteiger partial charge < -0.3 is 14.6 Å². The molecule has 31 heavy (non-hydrogen) atoms. The number of nitrogens with zero attached hydrogens (tertiary/aromatic N) is 1. The number of aliphatic carboxylic acids is 1. The zero-order chi connectivity index (χ0) is 22.4. The van der Waals surface area contributed by atoms with Crippen LogP contribution in [0.2, 0.25) is 0 Å². The number of fused-ring (bicyclic) bond motifs is 1. The smallest absolute Gasteiger partial charge is 0.305 e. The number of benzene rings is 2. The number of rotatable bonds is 9. The average molecular weight is 423 g/mol. The van der Waals surface area contributed by atoms with Gasteiger partial charge in [-0.05, 0) is 48.7 Å². The van der Waals surface area contributed by atoms with Gasteiger partial charge in [-0.1, -0.05) is 31.2 Å². The first kappa shape index (κ1) is 22.1. The van der Waals surface area contributed by atoms with Crippen LogP contribution in [0.15, 0.2) is 42.5 Å². The third-order valence-corrected chi connectivity index (χ3v) is 4.76. The van der Waals surface area contributed by atoms with Crippen LogP contribution < -0.4 is 9.47 Å². The number of carboxylic acids is 1. The molecule has 162 valence electrons. The lowest BCUT2D eigenvalue weighted by Crippen LogP contribution is -2.42. The summed E-state index contributed by atoms with van der Waals surface area (Å²) in [6, 6.07) is 12.2. The van der Waals surface area contributed by atoms with Crippen molar-refractivity contribution in [3.8, 4) is 11.5 Å². The van der Waals surface area contributed by atoms with Crippen molar-refractivity contribution in [2.45, 2.75) is 26.7 Å². The molecular formula is C24H25NO6. The number of carbonyl (C=O) groups is 3. The van der Waals surface area contributed by atoms with Crippen LogP contribution in [0.3, 0.4) is 0 Å². The number of hydrogen-bond acceptors (Lipinski definition) is 5. The fourth-order valence-corrected chi connectivity index (χ4v) is 3.33. The Morgan fingerprint density at radius 3 is 2.42 bits per heavy atom. The monoisotopic (exact) mass is 423 g/mol. The van der Waals surface area contributed by atoms with E-state index in [1.54, 1.807) is 42.5 Å². The second-order valence-electron chi connectivity index (χ2n) is 7.00. The van der Waals surface area contributed by atoms with Gasteiger partial charge in [0.05, 0.1) is 19.6 Å². The van der Waals surface area contributed by atoms with Gasteiger partial charge in [0, 0.05) is 17.7 Å². The Bertz CT molecular complexity index is 1030. The summed E-state index contributed by atoms with van der Waals surface area (Å²) in [7, 11) is 0. The summed E-state index contributed by atoms with van der Waals surface area (Å²) >= 11 is 0. The molecule has 0 spiro atoms. The minimum Gasteiger partial charge on any atom is -0.490 e. The van der Waals surface area contributed by atoms with Crippen molar-refractivity contribution in [2.75, 3.05) is 19.8 Å². The first-order chi connectivity index (χ1) is 15.0. The SMILES string of the molecule is CCCOc1ccc(/C=C2\C(=O)N(CCC(=O)O)C(=O)c3ccccc32)cc1OCC. The second-order valence-corrected chi connectivity index (χ2v) is 7.00. The predicted molar refractivity (Wildman–Crippen MR) is 116 cm³/mol. The van der Waals surface area contributed by atoms with Crippen LogP contribution in [0, 0.1) is 0 Å². The zero-order valence-electron chi connectivity index (χ0n) is 17.6. The first-order valence-corrected chi connectivity index (χ1v) is 10.2. The molecule has 0 bridgehead atoms. The van der Waals surface area contributed by atoms with Gasteiger partial charge in [-0.2, -0.15) is 0 Å². The maximum atomic E-state index is 13.1. The lowest BCUT2D eigenvalue weighted by Gasteiger charge is -2.28. The van der Waals surface area contributed by atoms with Gasteiger partial charge in [0.25, 0.3) is 11.8 Å². The molecule has 1 aliphatic heterocycles. The molecule has 2 amide bonds. The third-order valence-electron chi connectivity index (χ3n) is 4.76. The number of hydrogen-bond donors (Lipinski definition) is 1. The highest BCUT2D eigenvalue weighted by Crippen LogP contribution is 2.33. The highest BCUT2D eigenvalue weighted by atomic mass is 16.5. The average Bonchev–Trinajstić information content (AvgIpc) is 2.76. The van der Waals surface area contributed by atoms with Gasteiger partial charge in [0.2, 0.25) is 0 Å².